The number of nitrogens with zero attached hydrogens (tertiary/aromatic N) is 1. The fourth-order valence-corrected chi connectivity index (χ4v) is 3.51. The van der Waals surface area contributed by atoms with E-state index in [1.165, 1.54) is 26.4 Å². The molecule has 0 spiro atoms. The van der Waals surface area contributed by atoms with Gasteiger partial charge in [-0.15, -0.1) is 0 Å². The summed E-state index contributed by atoms with van der Waals surface area (Å²) >= 11 is 3.21. The van der Waals surface area contributed by atoms with Crippen LogP contribution in [0.4, 0.5) is 5.69 Å². The van der Waals surface area contributed by atoms with Gasteiger partial charge in [-0.25, -0.2) is 8.42 Å². The van der Waals surface area contributed by atoms with E-state index in [0.29, 0.717) is 4.47 Å². The van der Waals surface area contributed by atoms with Crippen LogP contribution < -0.4 is 10.5 Å². The van der Waals surface area contributed by atoms with E-state index < -0.39 is 16.0 Å². The molecule has 0 amide bonds. The zero-order valence-corrected chi connectivity index (χ0v) is 14.3. The molecule has 0 aliphatic heterocycles. The maximum atomic E-state index is 12.6. The maximum absolute atomic E-state index is 12.6. The number of esters is 1. The first-order chi connectivity index (χ1) is 9.77. The van der Waals surface area contributed by atoms with Crippen molar-refractivity contribution >= 4 is 37.6 Å². The van der Waals surface area contributed by atoms with Gasteiger partial charge in [-0.2, -0.15) is 4.31 Å². The molecule has 0 unspecified atom stereocenters. The molecule has 0 heterocycles. The van der Waals surface area contributed by atoms with Crippen molar-refractivity contribution < 1.29 is 22.7 Å². The Kier molecular flexibility index (Phi) is 5.99. The molecular weight excluding hydrogens is 364 g/mol. The summed E-state index contributed by atoms with van der Waals surface area (Å²) in [5, 5.41) is 0. The monoisotopic (exact) mass is 380 g/mol. The summed E-state index contributed by atoms with van der Waals surface area (Å²) < 4.78 is 36.4. The van der Waals surface area contributed by atoms with Crippen LogP contribution in [0.3, 0.4) is 0 Å². The van der Waals surface area contributed by atoms with E-state index >= 15 is 0 Å². The van der Waals surface area contributed by atoms with Gasteiger partial charge < -0.3 is 15.2 Å². The molecule has 0 atom stereocenters. The van der Waals surface area contributed by atoms with Crippen LogP contribution in [-0.4, -0.2) is 46.0 Å². The topological polar surface area (TPSA) is 98.9 Å². The van der Waals surface area contributed by atoms with E-state index in [1.54, 1.807) is 6.92 Å². The molecule has 0 aliphatic carbocycles. The summed E-state index contributed by atoms with van der Waals surface area (Å²) in [4.78, 5) is 11.2. The first-order valence-corrected chi connectivity index (χ1v) is 8.21. The minimum absolute atomic E-state index is 0.101. The van der Waals surface area contributed by atoms with E-state index in [0.717, 1.165) is 4.31 Å². The normalized spacial score (nSPS) is 11.5. The average Bonchev–Trinajstić information content (AvgIpc) is 2.46. The first kappa shape index (κ1) is 17.7. The van der Waals surface area contributed by atoms with Crippen LogP contribution >= 0.6 is 15.9 Å². The van der Waals surface area contributed by atoms with Gasteiger partial charge >= 0.3 is 5.97 Å². The third kappa shape index (κ3) is 3.86. The van der Waals surface area contributed by atoms with Crippen molar-refractivity contribution in [2.75, 3.05) is 33.0 Å². The Morgan fingerprint density at radius 3 is 2.48 bits per heavy atom. The molecule has 1 aromatic rings. The predicted octanol–water partition coefficient (Wildman–Crippen LogP) is 1.22. The SMILES string of the molecule is CCN(CC(=O)OC)S(=O)(=O)c1cc(N)c(Br)cc1OC. The van der Waals surface area contributed by atoms with E-state index in [-0.39, 0.29) is 29.4 Å². The van der Waals surface area contributed by atoms with Crippen LogP contribution in [-0.2, 0) is 19.6 Å². The molecule has 0 fully saturated rings. The Bertz CT molecular complexity index is 633. The number of rotatable bonds is 6. The van der Waals surface area contributed by atoms with Gasteiger partial charge in [0.2, 0.25) is 10.0 Å². The second-order valence-electron chi connectivity index (χ2n) is 4.03. The van der Waals surface area contributed by atoms with Crippen molar-refractivity contribution in [3.63, 3.8) is 0 Å². The van der Waals surface area contributed by atoms with Crippen molar-refractivity contribution in [2.45, 2.75) is 11.8 Å². The van der Waals surface area contributed by atoms with Gasteiger partial charge in [0.25, 0.3) is 0 Å². The minimum Gasteiger partial charge on any atom is -0.495 e. The molecule has 0 saturated carbocycles. The minimum atomic E-state index is -3.93. The average molecular weight is 381 g/mol. The molecule has 0 aliphatic rings. The van der Waals surface area contributed by atoms with Crippen LogP contribution in [0.2, 0.25) is 0 Å². The highest BCUT2D eigenvalue weighted by Crippen LogP contribution is 2.33. The highest BCUT2D eigenvalue weighted by molar-refractivity contribution is 9.10. The Labute approximate surface area is 132 Å². The smallest absolute Gasteiger partial charge is 0.321 e. The Hall–Kier alpha value is -1.32. The van der Waals surface area contributed by atoms with Crippen molar-refractivity contribution in [3.8, 4) is 5.75 Å². The Balaban J connectivity index is 3.34. The summed E-state index contributed by atoms with van der Waals surface area (Å²) in [5.74, 6) is -0.510. The molecule has 0 bridgehead atoms. The van der Waals surface area contributed by atoms with Gasteiger partial charge in [0.1, 0.15) is 17.2 Å². The Morgan fingerprint density at radius 2 is 2.00 bits per heavy atom. The van der Waals surface area contributed by atoms with Crippen molar-refractivity contribution in [1.29, 1.82) is 0 Å². The fraction of sp³-hybridized carbons (Fsp3) is 0.417. The van der Waals surface area contributed by atoms with Crippen LogP contribution in [0.25, 0.3) is 0 Å². The molecule has 7 nitrogen and oxygen atoms in total. The largest absolute Gasteiger partial charge is 0.495 e. The number of methoxy groups -OCH3 is 2. The standard InChI is InChI=1S/C12H17BrN2O5S/c1-4-15(7-12(16)20-3)21(17,18)11-6-9(14)8(13)5-10(11)19-2/h5-6H,4,7,14H2,1-3H3. The van der Waals surface area contributed by atoms with E-state index in [4.69, 9.17) is 10.5 Å². The number of nitrogen functional groups attached to an aromatic ring is 1. The summed E-state index contributed by atoms with van der Waals surface area (Å²) in [6.45, 7) is 1.35. The first-order valence-electron chi connectivity index (χ1n) is 5.97. The highest BCUT2D eigenvalue weighted by atomic mass is 79.9. The number of hydrogen-bond acceptors (Lipinski definition) is 6. The molecule has 1 aromatic carbocycles. The molecule has 0 saturated heterocycles. The van der Waals surface area contributed by atoms with Gasteiger partial charge in [0, 0.05) is 16.7 Å². The number of likely N-dealkylation sites (N-methyl/N-ethyl adjacent to an activating group) is 1. The maximum Gasteiger partial charge on any atom is 0.321 e. The number of carbonyl (C=O) groups is 1. The summed E-state index contributed by atoms with van der Waals surface area (Å²) in [6.07, 6.45) is 0. The van der Waals surface area contributed by atoms with E-state index in [1.807, 2.05) is 0 Å². The third-order valence-corrected chi connectivity index (χ3v) is 5.42. The lowest BCUT2D eigenvalue weighted by atomic mass is 10.3. The molecule has 1 rings (SSSR count). The molecule has 118 valence electrons. The van der Waals surface area contributed by atoms with Crippen molar-refractivity contribution in [2.24, 2.45) is 0 Å². The lowest BCUT2D eigenvalue weighted by molar-refractivity contribution is -0.140. The molecular formula is C12H17BrN2O5S. The summed E-state index contributed by atoms with van der Waals surface area (Å²) in [5.41, 5.74) is 5.99. The fourth-order valence-electron chi connectivity index (χ4n) is 1.63. The van der Waals surface area contributed by atoms with Gasteiger partial charge in [-0.3, -0.25) is 4.79 Å². The van der Waals surface area contributed by atoms with Crippen molar-refractivity contribution in [1.82, 2.24) is 4.31 Å². The van der Waals surface area contributed by atoms with Crippen LogP contribution in [0.15, 0.2) is 21.5 Å². The lowest BCUT2D eigenvalue weighted by Gasteiger charge is -2.21. The molecule has 9 heteroatoms. The number of carbonyl (C=O) groups excluding carboxylic acids is 1. The second-order valence-corrected chi connectivity index (χ2v) is 6.79. The molecule has 0 radical (unpaired) electrons. The Morgan fingerprint density at radius 1 is 1.38 bits per heavy atom. The third-order valence-electron chi connectivity index (χ3n) is 2.79. The molecule has 21 heavy (non-hydrogen) atoms. The number of hydrogen-bond donors (Lipinski definition) is 1. The number of benzene rings is 1. The predicted molar refractivity (Wildman–Crippen MR) is 81.6 cm³/mol. The number of nitrogens with two attached hydrogens (primary N) is 1. The number of sulfonamides is 1. The van der Waals surface area contributed by atoms with E-state index in [9.17, 15) is 13.2 Å². The number of halogens is 1. The van der Waals surface area contributed by atoms with Gasteiger partial charge in [0.05, 0.1) is 14.2 Å². The van der Waals surface area contributed by atoms with Crippen LogP contribution in [0.5, 0.6) is 5.75 Å². The van der Waals surface area contributed by atoms with Crippen LogP contribution in [0, 0.1) is 0 Å². The zero-order valence-electron chi connectivity index (χ0n) is 11.9. The van der Waals surface area contributed by atoms with Gasteiger partial charge in [-0.05, 0) is 28.1 Å². The van der Waals surface area contributed by atoms with Crippen molar-refractivity contribution in [3.05, 3.63) is 16.6 Å². The molecule has 2 N–H and O–H groups in total. The second kappa shape index (κ2) is 7.10. The van der Waals surface area contributed by atoms with E-state index in [2.05, 4.69) is 20.7 Å². The number of anilines is 1. The highest BCUT2D eigenvalue weighted by Gasteiger charge is 2.29. The van der Waals surface area contributed by atoms with Gasteiger partial charge in [-0.1, -0.05) is 6.92 Å². The van der Waals surface area contributed by atoms with Gasteiger partial charge in [0.15, 0.2) is 0 Å². The van der Waals surface area contributed by atoms with Crippen LogP contribution in [0.1, 0.15) is 6.92 Å². The summed E-state index contributed by atoms with van der Waals surface area (Å²) in [7, 11) is -1.38. The lowest BCUT2D eigenvalue weighted by Crippen LogP contribution is -2.36. The zero-order chi connectivity index (χ0) is 16.2. The summed E-state index contributed by atoms with van der Waals surface area (Å²) in [6, 6.07) is 2.76. The number of ether oxygens (including phenoxy) is 2. The quantitative estimate of drug-likeness (QED) is 0.588. The molecule has 0 aromatic heterocycles.